The van der Waals surface area contributed by atoms with E-state index < -0.39 is 10.0 Å². The second-order valence-electron chi connectivity index (χ2n) is 5.45. The molecule has 0 aliphatic rings. The molecule has 2 aromatic heterocycles. The Morgan fingerprint density at radius 1 is 1.32 bits per heavy atom. The molecular weight excluding hydrogens is 322 g/mol. The Morgan fingerprint density at radius 3 is 2.55 bits per heavy atom. The quantitative estimate of drug-likeness (QED) is 0.830. The van der Waals surface area contributed by atoms with Gasteiger partial charge in [-0.2, -0.15) is 0 Å². The van der Waals surface area contributed by atoms with Crippen LogP contribution < -0.4 is 5.56 Å². The average Bonchev–Trinajstić information content (AvgIpc) is 2.89. The maximum atomic E-state index is 12.1. The zero-order valence-corrected chi connectivity index (χ0v) is 14.6. The van der Waals surface area contributed by atoms with Gasteiger partial charge >= 0.3 is 0 Å². The number of aromatic nitrogens is 2. The number of nitrogens with zero attached hydrogens (tertiary/aromatic N) is 3. The lowest BCUT2D eigenvalue weighted by atomic mass is 10.2. The van der Waals surface area contributed by atoms with Gasteiger partial charge in [-0.15, -0.1) is 11.3 Å². The van der Waals surface area contributed by atoms with E-state index in [1.165, 1.54) is 37.0 Å². The highest BCUT2D eigenvalue weighted by Crippen LogP contribution is 2.19. The van der Waals surface area contributed by atoms with Crippen LogP contribution in [-0.2, 0) is 16.6 Å². The Labute approximate surface area is 134 Å². The highest BCUT2D eigenvalue weighted by Gasteiger charge is 2.18. The first-order valence-corrected chi connectivity index (χ1v) is 9.11. The number of thiazole rings is 1. The summed E-state index contributed by atoms with van der Waals surface area (Å²) in [5.41, 5.74) is 0.506. The predicted octanol–water partition coefficient (Wildman–Crippen LogP) is 1.73. The van der Waals surface area contributed by atoms with Gasteiger partial charge in [0.15, 0.2) is 0 Å². The molecule has 0 aromatic carbocycles. The summed E-state index contributed by atoms with van der Waals surface area (Å²) in [5, 5.41) is 2.90. The molecule has 0 N–H and O–H groups in total. The summed E-state index contributed by atoms with van der Waals surface area (Å²) in [5.74, 6) is 0.330. The topological polar surface area (TPSA) is 72.3 Å². The lowest BCUT2D eigenvalue weighted by Gasteiger charge is -2.12. The minimum Gasteiger partial charge on any atom is -0.308 e. The molecule has 0 saturated heterocycles. The first-order chi connectivity index (χ1) is 10.2. The lowest BCUT2D eigenvalue weighted by Crippen LogP contribution is -2.26. The van der Waals surface area contributed by atoms with E-state index in [9.17, 15) is 13.2 Å². The molecule has 0 radical (unpaired) electrons. The number of sulfonamides is 1. The van der Waals surface area contributed by atoms with Gasteiger partial charge in [-0.25, -0.2) is 17.7 Å². The highest BCUT2D eigenvalue weighted by atomic mass is 32.2. The van der Waals surface area contributed by atoms with Crippen LogP contribution in [0.4, 0.5) is 0 Å². The van der Waals surface area contributed by atoms with Crippen molar-refractivity contribution in [1.82, 2.24) is 13.9 Å². The standard InChI is InChI=1S/C14H19N3O3S2/c1-10(2)14-15-11(9-21-14)7-17-8-12(5-6-13(17)18)22(19,20)16(3)4/h5-6,8-10H,7H2,1-4H3. The van der Waals surface area contributed by atoms with Crippen molar-refractivity contribution in [3.63, 3.8) is 0 Å². The molecule has 22 heavy (non-hydrogen) atoms. The summed E-state index contributed by atoms with van der Waals surface area (Å²) < 4.78 is 26.8. The van der Waals surface area contributed by atoms with Crippen LogP contribution in [0.2, 0.25) is 0 Å². The Bertz CT molecular complexity index is 820. The normalized spacial score (nSPS) is 12.3. The monoisotopic (exact) mass is 341 g/mol. The second-order valence-corrected chi connectivity index (χ2v) is 8.49. The van der Waals surface area contributed by atoms with Gasteiger partial charge in [-0.1, -0.05) is 13.8 Å². The van der Waals surface area contributed by atoms with Gasteiger partial charge in [0.2, 0.25) is 10.0 Å². The van der Waals surface area contributed by atoms with Crippen LogP contribution in [0.25, 0.3) is 0 Å². The van der Waals surface area contributed by atoms with Crippen LogP contribution in [0.5, 0.6) is 0 Å². The van der Waals surface area contributed by atoms with Crippen LogP contribution >= 0.6 is 11.3 Å². The number of hydrogen-bond donors (Lipinski definition) is 0. The molecule has 0 fully saturated rings. The minimum atomic E-state index is -3.56. The maximum Gasteiger partial charge on any atom is 0.250 e. The van der Waals surface area contributed by atoms with E-state index in [1.807, 2.05) is 5.38 Å². The van der Waals surface area contributed by atoms with E-state index in [-0.39, 0.29) is 17.0 Å². The van der Waals surface area contributed by atoms with Gasteiger partial charge in [-0.05, 0) is 6.07 Å². The summed E-state index contributed by atoms with van der Waals surface area (Å²) in [6.45, 7) is 4.37. The Kier molecular flexibility index (Phi) is 4.84. The van der Waals surface area contributed by atoms with Gasteiger partial charge in [-0.3, -0.25) is 4.79 Å². The van der Waals surface area contributed by atoms with Crippen molar-refractivity contribution in [2.45, 2.75) is 31.2 Å². The Morgan fingerprint density at radius 2 is 2.00 bits per heavy atom. The van der Waals surface area contributed by atoms with Crippen LogP contribution in [0.1, 0.15) is 30.5 Å². The van der Waals surface area contributed by atoms with Crippen molar-refractivity contribution in [1.29, 1.82) is 0 Å². The highest BCUT2D eigenvalue weighted by molar-refractivity contribution is 7.89. The first kappa shape index (κ1) is 16.9. The summed E-state index contributed by atoms with van der Waals surface area (Å²) in [7, 11) is -0.644. The molecule has 0 aliphatic heterocycles. The molecule has 0 bridgehead atoms. The smallest absolute Gasteiger partial charge is 0.250 e. The molecule has 2 rings (SSSR count). The molecular formula is C14H19N3O3S2. The van der Waals surface area contributed by atoms with Crippen LogP contribution in [0, 0.1) is 0 Å². The Balaban J connectivity index is 2.37. The van der Waals surface area contributed by atoms with E-state index in [2.05, 4.69) is 18.8 Å². The van der Waals surface area contributed by atoms with E-state index in [0.29, 0.717) is 5.92 Å². The van der Waals surface area contributed by atoms with Crippen LogP contribution in [0.3, 0.4) is 0 Å². The molecule has 0 aliphatic carbocycles. The molecule has 0 atom stereocenters. The lowest BCUT2D eigenvalue weighted by molar-refractivity contribution is 0.519. The number of hydrogen-bond acceptors (Lipinski definition) is 5. The van der Waals surface area contributed by atoms with Gasteiger partial charge in [0.25, 0.3) is 5.56 Å². The van der Waals surface area contributed by atoms with Crippen molar-refractivity contribution in [3.05, 3.63) is 44.8 Å². The first-order valence-electron chi connectivity index (χ1n) is 6.79. The summed E-state index contributed by atoms with van der Waals surface area (Å²) in [6, 6.07) is 2.60. The fourth-order valence-corrected chi connectivity index (χ4v) is 3.58. The number of rotatable bonds is 5. The van der Waals surface area contributed by atoms with Gasteiger partial charge in [0.05, 0.1) is 22.1 Å². The molecule has 2 aromatic rings. The molecule has 2 heterocycles. The molecule has 120 valence electrons. The molecule has 8 heteroatoms. The summed E-state index contributed by atoms with van der Waals surface area (Å²) in [6.07, 6.45) is 1.37. The van der Waals surface area contributed by atoms with Crippen LogP contribution in [-0.4, -0.2) is 36.4 Å². The maximum absolute atomic E-state index is 12.1. The predicted molar refractivity (Wildman–Crippen MR) is 86.9 cm³/mol. The van der Waals surface area contributed by atoms with Crippen molar-refractivity contribution in [2.24, 2.45) is 0 Å². The fourth-order valence-electron chi connectivity index (χ4n) is 1.83. The van der Waals surface area contributed by atoms with Gasteiger partial charge in [0, 0.05) is 37.7 Å². The molecule has 0 spiro atoms. The van der Waals surface area contributed by atoms with E-state index >= 15 is 0 Å². The number of pyridine rings is 1. The average molecular weight is 341 g/mol. The van der Waals surface area contributed by atoms with Gasteiger partial charge in [0.1, 0.15) is 0 Å². The summed E-state index contributed by atoms with van der Waals surface area (Å²) in [4.78, 5) is 16.5. The van der Waals surface area contributed by atoms with E-state index in [0.717, 1.165) is 15.0 Å². The molecule has 6 nitrogen and oxygen atoms in total. The third-order valence-corrected chi connectivity index (χ3v) is 6.12. The van der Waals surface area contributed by atoms with Crippen molar-refractivity contribution < 1.29 is 8.42 Å². The third kappa shape index (κ3) is 3.45. The molecule has 0 saturated carbocycles. The van der Waals surface area contributed by atoms with E-state index in [1.54, 1.807) is 11.3 Å². The van der Waals surface area contributed by atoms with Gasteiger partial charge < -0.3 is 4.57 Å². The molecule has 0 amide bonds. The second kappa shape index (κ2) is 6.31. The SMILES string of the molecule is CC(C)c1nc(Cn2cc(S(=O)(=O)N(C)C)ccc2=O)cs1. The molecule has 0 unspecified atom stereocenters. The van der Waals surface area contributed by atoms with Crippen LogP contribution in [0.15, 0.2) is 33.4 Å². The largest absolute Gasteiger partial charge is 0.308 e. The van der Waals surface area contributed by atoms with Crippen molar-refractivity contribution >= 4 is 21.4 Å². The zero-order chi connectivity index (χ0) is 16.5. The van der Waals surface area contributed by atoms with Crippen molar-refractivity contribution in [3.8, 4) is 0 Å². The zero-order valence-electron chi connectivity index (χ0n) is 13.0. The summed E-state index contributed by atoms with van der Waals surface area (Å²) >= 11 is 1.54. The van der Waals surface area contributed by atoms with E-state index in [4.69, 9.17) is 0 Å². The third-order valence-electron chi connectivity index (χ3n) is 3.13. The Hall–Kier alpha value is -1.51. The van der Waals surface area contributed by atoms with Crippen molar-refractivity contribution in [2.75, 3.05) is 14.1 Å². The minimum absolute atomic E-state index is 0.0939. The fraction of sp³-hybridized carbons (Fsp3) is 0.429.